The van der Waals surface area contributed by atoms with E-state index in [2.05, 4.69) is 31.5 Å². The molecule has 0 unspecified atom stereocenters. The summed E-state index contributed by atoms with van der Waals surface area (Å²) >= 11 is 1.95. The van der Waals surface area contributed by atoms with Crippen molar-refractivity contribution in [3.05, 3.63) is 0 Å². The summed E-state index contributed by atoms with van der Waals surface area (Å²) in [5.41, 5.74) is 0. The summed E-state index contributed by atoms with van der Waals surface area (Å²) in [6.07, 6.45) is 6.22. The Labute approximate surface area is 92.5 Å². The monoisotopic (exact) mass is 214 g/mol. The summed E-state index contributed by atoms with van der Waals surface area (Å²) in [4.78, 5) is 0. The molecule has 0 radical (unpaired) electrons. The molecule has 0 aromatic rings. The summed E-state index contributed by atoms with van der Waals surface area (Å²) in [5.74, 6) is 0. The van der Waals surface area contributed by atoms with Crippen molar-refractivity contribution in [3.63, 3.8) is 0 Å². The van der Waals surface area contributed by atoms with Crippen LogP contribution in [0.2, 0.25) is 0 Å². The summed E-state index contributed by atoms with van der Waals surface area (Å²) in [7, 11) is 0. The van der Waals surface area contributed by atoms with Gasteiger partial charge in [0.1, 0.15) is 0 Å². The minimum Gasteiger partial charge on any atom is -0.315 e. The highest BCUT2D eigenvalue weighted by atomic mass is 32.2. The van der Waals surface area contributed by atoms with Crippen molar-refractivity contribution in [1.82, 2.24) is 5.32 Å². The predicted molar refractivity (Wildman–Crippen MR) is 64.5 cm³/mol. The number of rotatable bonds is 8. The van der Waals surface area contributed by atoms with Crippen molar-refractivity contribution in [2.75, 3.05) is 19.3 Å². The van der Waals surface area contributed by atoms with Gasteiger partial charge in [-0.2, -0.15) is 17.0 Å². The highest BCUT2D eigenvalue weighted by molar-refractivity contribution is 8.00. The van der Waals surface area contributed by atoms with Crippen LogP contribution in [0, 0.1) is 11.3 Å². The Morgan fingerprint density at radius 3 is 2.43 bits per heavy atom. The molecule has 2 nitrogen and oxygen atoms in total. The third kappa shape index (κ3) is 4.88. The molecule has 0 aliphatic rings. The van der Waals surface area contributed by atoms with Gasteiger partial charge in [0.15, 0.2) is 0 Å². The summed E-state index contributed by atoms with van der Waals surface area (Å²) < 4.78 is 0.395. The second-order valence-electron chi connectivity index (χ2n) is 3.53. The molecule has 3 heteroatoms. The maximum atomic E-state index is 8.38. The molecule has 0 heterocycles. The minimum absolute atomic E-state index is 0.395. The van der Waals surface area contributed by atoms with Gasteiger partial charge in [-0.1, -0.05) is 13.8 Å². The topological polar surface area (TPSA) is 35.8 Å². The van der Waals surface area contributed by atoms with Crippen LogP contribution in [0.5, 0.6) is 0 Å². The average Bonchev–Trinajstić information content (AvgIpc) is 2.24. The number of thioether (sulfide) groups is 1. The van der Waals surface area contributed by atoms with Crippen LogP contribution in [0.25, 0.3) is 0 Å². The Hall–Kier alpha value is -0.200. The highest BCUT2D eigenvalue weighted by Gasteiger charge is 2.23. The van der Waals surface area contributed by atoms with Gasteiger partial charge in [0.25, 0.3) is 0 Å². The van der Waals surface area contributed by atoms with E-state index >= 15 is 0 Å². The van der Waals surface area contributed by atoms with Crippen LogP contribution < -0.4 is 5.32 Å². The Kier molecular flexibility index (Phi) is 8.02. The molecule has 0 aliphatic carbocycles. The van der Waals surface area contributed by atoms with Gasteiger partial charge in [-0.05, 0) is 32.1 Å². The van der Waals surface area contributed by atoms with Crippen LogP contribution in [0.3, 0.4) is 0 Å². The molecule has 0 amide bonds. The average molecular weight is 214 g/mol. The molecule has 0 rings (SSSR count). The van der Waals surface area contributed by atoms with Crippen molar-refractivity contribution >= 4 is 11.8 Å². The molecule has 0 fully saturated rings. The second-order valence-corrected chi connectivity index (χ2v) is 4.81. The number of nitrogens with zero attached hydrogens (tertiary/aromatic N) is 1. The lowest BCUT2D eigenvalue weighted by atomic mass is 10.0. The normalized spacial score (nSPS) is 11.3. The minimum atomic E-state index is 0.395. The zero-order valence-electron chi connectivity index (χ0n) is 9.60. The maximum absolute atomic E-state index is 8.38. The van der Waals surface area contributed by atoms with E-state index in [9.17, 15) is 0 Å². The zero-order chi connectivity index (χ0) is 10.9. The largest absolute Gasteiger partial charge is 0.315 e. The molecule has 0 spiro atoms. The van der Waals surface area contributed by atoms with Crippen molar-refractivity contribution in [1.29, 1.82) is 5.26 Å². The van der Waals surface area contributed by atoms with E-state index < -0.39 is 0 Å². The van der Waals surface area contributed by atoms with Crippen molar-refractivity contribution < 1.29 is 0 Å². The first kappa shape index (κ1) is 13.8. The van der Waals surface area contributed by atoms with E-state index in [0.29, 0.717) is 11.2 Å². The molecule has 0 aromatic heterocycles. The lowest BCUT2D eigenvalue weighted by molar-refractivity contribution is 0.492. The van der Waals surface area contributed by atoms with Crippen molar-refractivity contribution in [2.24, 2.45) is 0 Å². The first-order valence-electron chi connectivity index (χ1n) is 5.37. The van der Waals surface area contributed by atoms with Gasteiger partial charge >= 0.3 is 0 Å². The smallest absolute Gasteiger partial charge is 0.0622 e. The van der Waals surface area contributed by atoms with E-state index in [1.54, 1.807) is 0 Å². The van der Waals surface area contributed by atoms with Crippen LogP contribution >= 0.6 is 11.8 Å². The van der Waals surface area contributed by atoms with Gasteiger partial charge in [0.05, 0.1) is 6.07 Å². The number of nitriles is 1. The van der Waals surface area contributed by atoms with Gasteiger partial charge < -0.3 is 5.32 Å². The summed E-state index contributed by atoms with van der Waals surface area (Å²) in [5, 5.41) is 11.8. The molecule has 0 saturated heterocycles. The van der Waals surface area contributed by atoms with Crippen molar-refractivity contribution in [3.8, 4) is 6.07 Å². The third-order valence-corrected chi connectivity index (χ3v) is 4.40. The van der Waals surface area contributed by atoms with Gasteiger partial charge in [-0.15, -0.1) is 0 Å². The van der Waals surface area contributed by atoms with E-state index in [0.717, 1.165) is 19.5 Å². The van der Waals surface area contributed by atoms with Gasteiger partial charge in [-0.3, -0.25) is 0 Å². The highest BCUT2D eigenvalue weighted by Crippen LogP contribution is 2.29. The standard InChI is InChI=1S/C11H22N2S/c1-4-11(5-2,14-3)10-13-9-7-6-8-12/h13H,4-7,9-10H2,1-3H3. The molecule has 0 aliphatic heterocycles. The Bertz CT molecular complexity index is 162. The van der Waals surface area contributed by atoms with E-state index in [4.69, 9.17) is 5.26 Å². The van der Waals surface area contributed by atoms with Crippen LogP contribution in [-0.4, -0.2) is 24.1 Å². The van der Waals surface area contributed by atoms with Crippen molar-refractivity contribution in [2.45, 2.75) is 44.3 Å². The number of nitrogens with one attached hydrogen (secondary N) is 1. The molecule has 0 bridgehead atoms. The number of unbranched alkanes of at least 4 members (excludes halogenated alkanes) is 1. The lowest BCUT2D eigenvalue weighted by Gasteiger charge is -2.29. The first-order chi connectivity index (χ1) is 6.74. The van der Waals surface area contributed by atoms with Crippen LogP contribution in [0.4, 0.5) is 0 Å². The fraction of sp³-hybridized carbons (Fsp3) is 0.909. The molecule has 14 heavy (non-hydrogen) atoms. The summed E-state index contributed by atoms with van der Waals surface area (Å²) in [6.45, 7) is 6.52. The van der Waals surface area contributed by atoms with E-state index in [1.807, 2.05) is 11.8 Å². The van der Waals surface area contributed by atoms with E-state index in [-0.39, 0.29) is 0 Å². The number of hydrogen-bond donors (Lipinski definition) is 1. The molecule has 1 N–H and O–H groups in total. The van der Waals surface area contributed by atoms with Crippen LogP contribution in [-0.2, 0) is 0 Å². The SMILES string of the molecule is CCC(CC)(CNCCCC#N)SC. The van der Waals surface area contributed by atoms with Crippen LogP contribution in [0.1, 0.15) is 39.5 Å². The molecule has 0 saturated carbocycles. The van der Waals surface area contributed by atoms with Gasteiger partial charge in [0, 0.05) is 17.7 Å². The summed E-state index contributed by atoms with van der Waals surface area (Å²) in [6, 6.07) is 2.16. The maximum Gasteiger partial charge on any atom is 0.0622 e. The lowest BCUT2D eigenvalue weighted by Crippen LogP contribution is -2.36. The molecule has 0 aromatic carbocycles. The predicted octanol–water partition coefficient (Wildman–Crippen LogP) is 2.80. The Balaban J connectivity index is 3.67. The fourth-order valence-electron chi connectivity index (χ4n) is 1.47. The molecular weight excluding hydrogens is 192 g/mol. The van der Waals surface area contributed by atoms with Gasteiger partial charge in [0.2, 0.25) is 0 Å². The van der Waals surface area contributed by atoms with E-state index in [1.165, 1.54) is 12.8 Å². The molecule has 82 valence electrons. The Morgan fingerprint density at radius 1 is 1.36 bits per heavy atom. The molecular formula is C11H22N2S. The molecule has 0 atom stereocenters. The quantitative estimate of drug-likeness (QED) is 0.631. The second kappa shape index (κ2) is 8.14. The first-order valence-corrected chi connectivity index (χ1v) is 6.60. The fourth-order valence-corrected chi connectivity index (χ4v) is 2.29. The Morgan fingerprint density at radius 2 is 2.00 bits per heavy atom. The van der Waals surface area contributed by atoms with Gasteiger partial charge in [-0.25, -0.2) is 0 Å². The third-order valence-electron chi connectivity index (χ3n) is 2.81. The number of hydrogen-bond acceptors (Lipinski definition) is 3. The van der Waals surface area contributed by atoms with Crippen LogP contribution in [0.15, 0.2) is 0 Å². The zero-order valence-corrected chi connectivity index (χ0v) is 10.4.